The lowest BCUT2D eigenvalue weighted by Gasteiger charge is -2.16. The van der Waals surface area contributed by atoms with E-state index in [0.717, 1.165) is 11.0 Å². The van der Waals surface area contributed by atoms with E-state index in [-0.39, 0.29) is 27.6 Å². The maximum atomic E-state index is 12.9. The number of hydrogen-bond donors (Lipinski definition) is 1. The first-order chi connectivity index (χ1) is 12.0. The summed E-state index contributed by atoms with van der Waals surface area (Å²) in [6, 6.07) is 12.3. The van der Waals surface area contributed by atoms with Gasteiger partial charge >= 0.3 is 5.91 Å². The van der Waals surface area contributed by atoms with Crippen LogP contribution in [0.25, 0.3) is 5.57 Å². The summed E-state index contributed by atoms with van der Waals surface area (Å²) in [4.78, 5) is 37.1. The van der Waals surface area contributed by atoms with E-state index in [1.807, 2.05) is 0 Å². The molecular weight excluding hydrogens is 344 g/mol. The Bertz CT molecular complexity index is 924. The monoisotopic (exact) mass is 356 g/mol. The zero-order valence-corrected chi connectivity index (χ0v) is 13.9. The Morgan fingerprint density at radius 3 is 2.36 bits per heavy atom. The molecule has 0 saturated heterocycles. The molecule has 0 unspecified atom stereocenters. The molecule has 1 aliphatic heterocycles. The van der Waals surface area contributed by atoms with E-state index < -0.39 is 16.7 Å². The number of methoxy groups -OCH3 is 1. The fraction of sp³-hybridized carbons (Fsp3) is 0.0588. The predicted octanol–water partition coefficient (Wildman–Crippen LogP) is 2.81. The average molecular weight is 356 g/mol. The largest absolute Gasteiger partial charge is 0.490 e. The molecule has 0 aromatic heterocycles. The Balaban J connectivity index is 2.13. The summed E-state index contributed by atoms with van der Waals surface area (Å²) < 4.78 is 5.14. The Morgan fingerprint density at radius 2 is 1.76 bits per heavy atom. The van der Waals surface area contributed by atoms with E-state index in [9.17, 15) is 19.7 Å². The molecule has 0 saturated carbocycles. The summed E-state index contributed by atoms with van der Waals surface area (Å²) >= 11 is 4.22. The molecule has 2 amide bonds. The summed E-state index contributed by atoms with van der Waals surface area (Å²) in [5.74, 6) is -1.43. The zero-order valence-electron chi connectivity index (χ0n) is 13.0. The van der Waals surface area contributed by atoms with Gasteiger partial charge in [-0.2, -0.15) is 0 Å². The number of carbonyl (C=O) groups is 2. The molecular formula is C17H12N2O5S. The van der Waals surface area contributed by atoms with Crippen LogP contribution in [0.15, 0.2) is 59.2 Å². The minimum atomic E-state index is -0.692. The Labute approximate surface area is 148 Å². The van der Waals surface area contributed by atoms with Gasteiger partial charge in [0.25, 0.3) is 11.6 Å². The molecule has 0 fully saturated rings. The van der Waals surface area contributed by atoms with Crippen LogP contribution in [-0.4, -0.2) is 23.8 Å². The number of nitrogens with zero attached hydrogens (tertiary/aromatic N) is 2. The minimum absolute atomic E-state index is 0.0352. The summed E-state index contributed by atoms with van der Waals surface area (Å²) in [5, 5.41) is 11.0. The van der Waals surface area contributed by atoms with Gasteiger partial charge in [0.1, 0.15) is 0 Å². The number of benzene rings is 2. The number of nitro benzene ring substituents is 1. The summed E-state index contributed by atoms with van der Waals surface area (Å²) in [6.07, 6.45) is 0. The minimum Gasteiger partial charge on any atom is -0.490 e. The van der Waals surface area contributed by atoms with E-state index in [2.05, 4.69) is 12.6 Å². The maximum absolute atomic E-state index is 12.9. The van der Waals surface area contributed by atoms with Crippen molar-refractivity contribution >= 4 is 41.4 Å². The average Bonchev–Trinajstić information content (AvgIpc) is 2.86. The molecule has 7 nitrogen and oxygen atoms in total. The van der Waals surface area contributed by atoms with Gasteiger partial charge < -0.3 is 4.74 Å². The van der Waals surface area contributed by atoms with Crippen molar-refractivity contribution in [2.45, 2.75) is 4.90 Å². The molecule has 0 aliphatic carbocycles. The van der Waals surface area contributed by atoms with Gasteiger partial charge in [0.05, 0.1) is 23.3 Å². The number of amides is 2. The van der Waals surface area contributed by atoms with Crippen molar-refractivity contribution in [1.29, 1.82) is 0 Å². The zero-order chi connectivity index (χ0) is 18.1. The third-order valence-corrected chi connectivity index (χ3v) is 4.10. The third-order valence-electron chi connectivity index (χ3n) is 3.72. The Morgan fingerprint density at radius 1 is 1.08 bits per heavy atom. The van der Waals surface area contributed by atoms with Gasteiger partial charge in [-0.15, -0.1) is 12.6 Å². The first-order valence-electron chi connectivity index (χ1n) is 7.15. The number of non-ortho nitro benzene ring substituents is 1. The molecule has 126 valence electrons. The number of nitro groups is 1. The number of anilines is 1. The number of rotatable bonds is 4. The van der Waals surface area contributed by atoms with Crippen molar-refractivity contribution in [2.75, 3.05) is 12.0 Å². The normalized spacial score (nSPS) is 14.2. The lowest BCUT2D eigenvalue weighted by molar-refractivity contribution is -0.384. The molecule has 0 bridgehead atoms. The first-order valence-corrected chi connectivity index (χ1v) is 7.60. The van der Waals surface area contributed by atoms with Crippen LogP contribution < -0.4 is 4.90 Å². The van der Waals surface area contributed by atoms with Crippen LogP contribution in [0.2, 0.25) is 0 Å². The third kappa shape index (κ3) is 2.76. The molecule has 3 rings (SSSR count). The number of thiol groups is 1. The molecule has 0 spiro atoms. The van der Waals surface area contributed by atoms with Gasteiger partial charge in [0, 0.05) is 17.0 Å². The SMILES string of the molecule is COC1=C(c2ccccc2)C(=O)N(c2cc([N+](=O)[O-])ccc2S)C1=O. The van der Waals surface area contributed by atoms with Crippen LogP contribution in [0.4, 0.5) is 11.4 Å². The molecule has 1 aliphatic rings. The van der Waals surface area contributed by atoms with Crippen molar-refractivity contribution in [2.24, 2.45) is 0 Å². The maximum Gasteiger partial charge on any atom is 0.301 e. The number of ether oxygens (including phenoxy) is 1. The van der Waals surface area contributed by atoms with Gasteiger partial charge in [0.2, 0.25) is 0 Å². The molecule has 0 atom stereocenters. The summed E-state index contributed by atoms with van der Waals surface area (Å²) in [5.41, 5.74) is 0.409. The van der Waals surface area contributed by atoms with Gasteiger partial charge in [-0.25, -0.2) is 4.90 Å². The molecule has 0 radical (unpaired) electrons. The molecule has 0 N–H and O–H groups in total. The van der Waals surface area contributed by atoms with E-state index in [4.69, 9.17) is 4.74 Å². The first kappa shape index (κ1) is 16.7. The molecule has 2 aromatic rings. The van der Waals surface area contributed by atoms with Crippen molar-refractivity contribution in [1.82, 2.24) is 0 Å². The lowest BCUT2D eigenvalue weighted by atomic mass is 10.1. The van der Waals surface area contributed by atoms with Crippen LogP contribution in [0.5, 0.6) is 0 Å². The number of imide groups is 1. The topological polar surface area (TPSA) is 89.8 Å². The second-order valence-electron chi connectivity index (χ2n) is 5.15. The highest BCUT2D eigenvalue weighted by Gasteiger charge is 2.42. The molecule has 1 heterocycles. The summed E-state index contributed by atoms with van der Waals surface area (Å²) in [6.45, 7) is 0. The molecule has 2 aromatic carbocycles. The fourth-order valence-electron chi connectivity index (χ4n) is 2.58. The van der Waals surface area contributed by atoms with Crippen molar-refractivity contribution < 1.29 is 19.2 Å². The van der Waals surface area contributed by atoms with E-state index in [0.29, 0.717) is 5.56 Å². The second kappa shape index (κ2) is 6.40. The van der Waals surface area contributed by atoms with Crippen molar-refractivity contribution in [3.63, 3.8) is 0 Å². The highest BCUT2D eigenvalue weighted by atomic mass is 32.1. The fourth-order valence-corrected chi connectivity index (χ4v) is 2.82. The van der Waals surface area contributed by atoms with Gasteiger partial charge in [0.15, 0.2) is 5.76 Å². The van der Waals surface area contributed by atoms with Crippen LogP contribution in [0.3, 0.4) is 0 Å². The Kier molecular flexibility index (Phi) is 4.28. The highest BCUT2D eigenvalue weighted by molar-refractivity contribution is 7.80. The smallest absolute Gasteiger partial charge is 0.301 e. The number of carbonyl (C=O) groups excluding carboxylic acids is 2. The molecule has 25 heavy (non-hydrogen) atoms. The quantitative estimate of drug-likeness (QED) is 0.394. The Hall–Kier alpha value is -3.13. The van der Waals surface area contributed by atoms with Crippen LogP contribution in [-0.2, 0) is 14.3 Å². The van der Waals surface area contributed by atoms with Crippen LogP contribution in [0.1, 0.15) is 5.56 Å². The standard InChI is InChI=1S/C17H12N2O5S/c1-24-15-14(10-5-3-2-4-6-10)16(20)18(17(15)21)12-9-11(19(22)23)7-8-13(12)25/h2-9,25H,1H3. The van der Waals surface area contributed by atoms with Crippen LogP contribution >= 0.6 is 12.6 Å². The van der Waals surface area contributed by atoms with E-state index >= 15 is 0 Å². The molecule has 8 heteroatoms. The van der Waals surface area contributed by atoms with Crippen molar-refractivity contribution in [3.8, 4) is 0 Å². The van der Waals surface area contributed by atoms with Gasteiger partial charge in [-0.05, 0) is 11.6 Å². The van der Waals surface area contributed by atoms with Gasteiger partial charge in [-0.1, -0.05) is 30.3 Å². The van der Waals surface area contributed by atoms with E-state index in [1.165, 1.54) is 19.2 Å². The van der Waals surface area contributed by atoms with E-state index in [1.54, 1.807) is 30.3 Å². The van der Waals surface area contributed by atoms with Gasteiger partial charge in [-0.3, -0.25) is 19.7 Å². The lowest BCUT2D eigenvalue weighted by Crippen LogP contribution is -2.32. The van der Waals surface area contributed by atoms with Crippen LogP contribution in [0, 0.1) is 10.1 Å². The second-order valence-corrected chi connectivity index (χ2v) is 5.63. The summed E-state index contributed by atoms with van der Waals surface area (Å²) in [7, 11) is 1.29. The predicted molar refractivity (Wildman–Crippen MR) is 93.2 cm³/mol. The highest BCUT2D eigenvalue weighted by Crippen LogP contribution is 2.37. The number of hydrogen-bond acceptors (Lipinski definition) is 6. The van der Waals surface area contributed by atoms with Crippen molar-refractivity contribution in [3.05, 3.63) is 70.0 Å².